The molecule has 0 N–H and O–H groups in total. The van der Waals surface area contributed by atoms with Gasteiger partial charge in [0.05, 0.1) is 0 Å². The molecule has 1 heteroatoms. The Labute approximate surface area is 110 Å². The molecule has 0 aliphatic rings. The molecule has 17 heavy (non-hydrogen) atoms. The lowest BCUT2D eigenvalue weighted by atomic mass is 9.84. The standard InChI is InChI=1S/C16H35N/c1-7-9-11-16(4,5)12-13-17(6)14-15(3)10-8-2/h15H,7-14H2,1-6H3. The normalized spacial score (nSPS) is 14.3. The quantitative estimate of drug-likeness (QED) is 0.522. The SMILES string of the molecule is CCCCC(C)(C)CCN(C)CC(C)CCC. The zero-order valence-electron chi connectivity index (χ0n) is 13.2. The van der Waals surface area contributed by atoms with Crippen molar-refractivity contribution < 1.29 is 0 Å². The molecular weight excluding hydrogens is 206 g/mol. The van der Waals surface area contributed by atoms with E-state index in [1.54, 1.807) is 0 Å². The first-order valence-corrected chi connectivity index (χ1v) is 7.59. The first-order valence-electron chi connectivity index (χ1n) is 7.59. The molecule has 0 amide bonds. The number of hydrogen-bond donors (Lipinski definition) is 0. The monoisotopic (exact) mass is 241 g/mol. The van der Waals surface area contributed by atoms with E-state index in [2.05, 4.69) is 46.6 Å². The van der Waals surface area contributed by atoms with Crippen LogP contribution in [0.1, 0.15) is 73.1 Å². The molecule has 0 saturated heterocycles. The van der Waals surface area contributed by atoms with E-state index >= 15 is 0 Å². The third-order valence-electron chi connectivity index (χ3n) is 3.78. The molecule has 1 unspecified atom stereocenters. The molecule has 1 nitrogen and oxygen atoms in total. The summed E-state index contributed by atoms with van der Waals surface area (Å²) in [4.78, 5) is 2.52. The van der Waals surface area contributed by atoms with Crippen LogP contribution in [0.5, 0.6) is 0 Å². The Balaban J connectivity index is 3.77. The fourth-order valence-corrected chi connectivity index (χ4v) is 2.48. The van der Waals surface area contributed by atoms with E-state index in [1.165, 1.54) is 51.6 Å². The Morgan fingerprint density at radius 2 is 1.71 bits per heavy atom. The van der Waals surface area contributed by atoms with Crippen molar-refractivity contribution in [3.05, 3.63) is 0 Å². The van der Waals surface area contributed by atoms with Crippen LogP contribution >= 0.6 is 0 Å². The highest BCUT2D eigenvalue weighted by Gasteiger charge is 2.17. The van der Waals surface area contributed by atoms with E-state index in [1.807, 2.05) is 0 Å². The summed E-state index contributed by atoms with van der Waals surface area (Å²) in [7, 11) is 2.28. The van der Waals surface area contributed by atoms with E-state index in [9.17, 15) is 0 Å². The second-order valence-electron chi connectivity index (χ2n) is 6.67. The van der Waals surface area contributed by atoms with Crippen molar-refractivity contribution in [1.82, 2.24) is 4.90 Å². The number of unbranched alkanes of at least 4 members (excludes halogenated alkanes) is 1. The van der Waals surface area contributed by atoms with Crippen LogP contribution in [-0.4, -0.2) is 25.0 Å². The van der Waals surface area contributed by atoms with Crippen molar-refractivity contribution in [1.29, 1.82) is 0 Å². The van der Waals surface area contributed by atoms with Crippen LogP contribution in [-0.2, 0) is 0 Å². The predicted molar refractivity (Wildman–Crippen MR) is 79.5 cm³/mol. The van der Waals surface area contributed by atoms with Crippen molar-refractivity contribution in [3.8, 4) is 0 Å². The average molecular weight is 241 g/mol. The maximum Gasteiger partial charge on any atom is 0.000397 e. The van der Waals surface area contributed by atoms with Crippen molar-refractivity contribution >= 4 is 0 Å². The second kappa shape index (κ2) is 8.97. The van der Waals surface area contributed by atoms with Gasteiger partial charge in [-0.15, -0.1) is 0 Å². The molecule has 0 bridgehead atoms. The van der Waals surface area contributed by atoms with Gasteiger partial charge in [-0.1, -0.05) is 53.9 Å². The molecule has 0 spiro atoms. The third-order valence-corrected chi connectivity index (χ3v) is 3.78. The summed E-state index contributed by atoms with van der Waals surface area (Å²) in [5, 5.41) is 0. The van der Waals surface area contributed by atoms with Gasteiger partial charge in [-0.3, -0.25) is 0 Å². The molecule has 0 aromatic rings. The molecule has 104 valence electrons. The molecule has 0 aliphatic carbocycles. The summed E-state index contributed by atoms with van der Waals surface area (Å²) in [5.74, 6) is 0.851. The van der Waals surface area contributed by atoms with Gasteiger partial charge in [-0.2, -0.15) is 0 Å². The Kier molecular flexibility index (Phi) is 8.94. The molecule has 1 atom stereocenters. The van der Waals surface area contributed by atoms with Gasteiger partial charge < -0.3 is 4.90 Å². The van der Waals surface area contributed by atoms with Gasteiger partial charge in [-0.25, -0.2) is 0 Å². The van der Waals surface area contributed by atoms with Crippen molar-refractivity contribution in [2.24, 2.45) is 11.3 Å². The number of hydrogen-bond acceptors (Lipinski definition) is 1. The maximum absolute atomic E-state index is 2.52. The molecule has 0 aromatic heterocycles. The fraction of sp³-hybridized carbons (Fsp3) is 1.00. The Hall–Kier alpha value is -0.0400. The fourth-order valence-electron chi connectivity index (χ4n) is 2.48. The second-order valence-corrected chi connectivity index (χ2v) is 6.67. The van der Waals surface area contributed by atoms with Gasteiger partial charge in [0.2, 0.25) is 0 Å². The van der Waals surface area contributed by atoms with E-state index in [4.69, 9.17) is 0 Å². The zero-order chi connectivity index (χ0) is 13.3. The minimum Gasteiger partial charge on any atom is -0.306 e. The number of rotatable bonds is 10. The molecule has 0 rings (SSSR count). The predicted octanol–water partition coefficient (Wildman–Crippen LogP) is 4.96. The van der Waals surface area contributed by atoms with E-state index in [0.29, 0.717) is 5.41 Å². The highest BCUT2D eigenvalue weighted by molar-refractivity contribution is 4.71. The summed E-state index contributed by atoms with van der Waals surface area (Å²) in [6, 6.07) is 0. The van der Waals surface area contributed by atoms with Crippen LogP contribution in [0, 0.1) is 11.3 Å². The van der Waals surface area contributed by atoms with Crippen LogP contribution in [0.2, 0.25) is 0 Å². The minimum atomic E-state index is 0.526. The Morgan fingerprint density at radius 3 is 2.24 bits per heavy atom. The molecule has 0 aliphatic heterocycles. The molecule has 0 radical (unpaired) electrons. The summed E-state index contributed by atoms with van der Waals surface area (Å²) in [5.41, 5.74) is 0.526. The largest absolute Gasteiger partial charge is 0.306 e. The van der Waals surface area contributed by atoms with Crippen molar-refractivity contribution in [3.63, 3.8) is 0 Å². The number of nitrogens with zero attached hydrogens (tertiary/aromatic N) is 1. The smallest absolute Gasteiger partial charge is 0.000397 e. The lowest BCUT2D eigenvalue weighted by Gasteiger charge is -2.28. The van der Waals surface area contributed by atoms with E-state index in [0.717, 1.165) is 5.92 Å². The lowest BCUT2D eigenvalue weighted by Crippen LogP contribution is -2.28. The van der Waals surface area contributed by atoms with Gasteiger partial charge in [0.15, 0.2) is 0 Å². The Morgan fingerprint density at radius 1 is 1.06 bits per heavy atom. The third kappa shape index (κ3) is 9.64. The first-order chi connectivity index (χ1) is 7.91. The first kappa shape index (κ1) is 17.0. The van der Waals surface area contributed by atoms with Crippen molar-refractivity contribution in [2.45, 2.75) is 73.1 Å². The summed E-state index contributed by atoms with van der Waals surface area (Å²) < 4.78 is 0. The summed E-state index contributed by atoms with van der Waals surface area (Å²) in [6.45, 7) is 14.3. The molecular formula is C16H35N. The maximum atomic E-state index is 2.52. The summed E-state index contributed by atoms with van der Waals surface area (Å²) in [6.07, 6.45) is 8.10. The average Bonchev–Trinajstić information content (AvgIpc) is 2.24. The zero-order valence-corrected chi connectivity index (χ0v) is 13.2. The molecule has 0 saturated carbocycles. The molecule has 0 fully saturated rings. The molecule has 0 heterocycles. The van der Waals surface area contributed by atoms with Gasteiger partial charge >= 0.3 is 0 Å². The van der Waals surface area contributed by atoms with Gasteiger partial charge in [0.25, 0.3) is 0 Å². The van der Waals surface area contributed by atoms with Crippen molar-refractivity contribution in [2.75, 3.05) is 20.1 Å². The Bertz CT molecular complexity index is 174. The topological polar surface area (TPSA) is 3.24 Å². The van der Waals surface area contributed by atoms with Crippen LogP contribution in [0.15, 0.2) is 0 Å². The molecule has 0 aromatic carbocycles. The van der Waals surface area contributed by atoms with Gasteiger partial charge in [0.1, 0.15) is 0 Å². The lowest BCUT2D eigenvalue weighted by molar-refractivity contribution is 0.212. The van der Waals surface area contributed by atoms with E-state index < -0.39 is 0 Å². The van der Waals surface area contributed by atoms with Crippen LogP contribution in [0.4, 0.5) is 0 Å². The van der Waals surface area contributed by atoms with Crippen LogP contribution in [0.3, 0.4) is 0 Å². The van der Waals surface area contributed by atoms with Crippen LogP contribution in [0.25, 0.3) is 0 Å². The van der Waals surface area contributed by atoms with E-state index in [-0.39, 0.29) is 0 Å². The highest BCUT2D eigenvalue weighted by atomic mass is 15.1. The van der Waals surface area contributed by atoms with Crippen LogP contribution < -0.4 is 0 Å². The minimum absolute atomic E-state index is 0.526. The van der Waals surface area contributed by atoms with Gasteiger partial charge in [0, 0.05) is 6.54 Å². The highest BCUT2D eigenvalue weighted by Crippen LogP contribution is 2.27. The summed E-state index contributed by atoms with van der Waals surface area (Å²) >= 11 is 0. The van der Waals surface area contributed by atoms with Gasteiger partial charge in [-0.05, 0) is 44.2 Å².